The third kappa shape index (κ3) is 4.83. The van der Waals surface area contributed by atoms with Gasteiger partial charge in [0.25, 0.3) is 0 Å². The lowest BCUT2D eigenvalue weighted by molar-refractivity contribution is 0.465. The van der Waals surface area contributed by atoms with Gasteiger partial charge in [-0.05, 0) is 46.5 Å². The van der Waals surface area contributed by atoms with Gasteiger partial charge in [0.05, 0.1) is 9.37 Å². The Morgan fingerprint density at radius 1 is 1.42 bits per heavy atom. The maximum Gasteiger partial charge on any atom is 0.240 e. The third-order valence-electron chi connectivity index (χ3n) is 2.56. The summed E-state index contributed by atoms with van der Waals surface area (Å²) in [7, 11) is -3.75. The Kier molecular flexibility index (Phi) is 5.91. The van der Waals surface area contributed by atoms with Crippen molar-refractivity contribution in [2.24, 2.45) is 11.7 Å². The standard InChI is InChI=1S/C12H18BrFN2O2S/c1-8(2)5-9(7-15)16-19(17,18)10-3-4-11(13)12(14)6-10/h3-4,6,8-9,16H,5,7,15H2,1-2H3. The molecule has 3 N–H and O–H groups in total. The molecular weight excluding hydrogens is 335 g/mol. The SMILES string of the molecule is CC(C)CC(CN)NS(=O)(=O)c1ccc(Br)c(F)c1. The molecule has 1 unspecified atom stereocenters. The van der Waals surface area contributed by atoms with E-state index in [1.54, 1.807) is 0 Å². The minimum Gasteiger partial charge on any atom is -0.329 e. The molecule has 0 bridgehead atoms. The summed E-state index contributed by atoms with van der Waals surface area (Å²) in [6.07, 6.45) is 0.634. The van der Waals surface area contributed by atoms with Gasteiger partial charge in [-0.15, -0.1) is 0 Å². The van der Waals surface area contributed by atoms with Crippen LogP contribution in [0.3, 0.4) is 0 Å². The van der Waals surface area contributed by atoms with E-state index in [0.29, 0.717) is 12.3 Å². The molecule has 0 spiro atoms. The highest BCUT2D eigenvalue weighted by Crippen LogP contribution is 2.19. The fourth-order valence-corrected chi connectivity index (χ4v) is 3.21. The maximum atomic E-state index is 13.4. The molecule has 1 atom stereocenters. The number of nitrogens with one attached hydrogen (secondary N) is 1. The van der Waals surface area contributed by atoms with Gasteiger partial charge < -0.3 is 5.73 Å². The molecule has 108 valence electrons. The smallest absolute Gasteiger partial charge is 0.240 e. The second-order valence-corrected chi connectivity index (χ2v) is 7.33. The summed E-state index contributed by atoms with van der Waals surface area (Å²) in [5.74, 6) is -0.297. The monoisotopic (exact) mass is 352 g/mol. The van der Waals surface area contributed by atoms with Crippen LogP contribution in [0.1, 0.15) is 20.3 Å². The molecule has 0 amide bonds. The van der Waals surface area contributed by atoms with E-state index < -0.39 is 15.8 Å². The highest BCUT2D eigenvalue weighted by Gasteiger charge is 2.20. The topological polar surface area (TPSA) is 72.2 Å². The van der Waals surface area contributed by atoms with E-state index in [2.05, 4.69) is 20.7 Å². The van der Waals surface area contributed by atoms with Gasteiger partial charge in [-0.3, -0.25) is 0 Å². The summed E-state index contributed by atoms with van der Waals surface area (Å²) in [4.78, 5) is -0.101. The van der Waals surface area contributed by atoms with Crippen molar-refractivity contribution in [2.45, 2.75) is 31.2 Å². The second-order valence-electron chi connectivity index (χ2n) is 4.76. The van der Waals surface area contributed by atoms with Crippen LogP contribution in [0.5, 0.6) is 0 Å². The van der Waals surface area contributed by atoms with Crippen molar-refractivity contribution in [1.82, 2.24) is 4.72 Å². The van der Waals surface area contributed by atoms with E-state index >= 15 is 0 Å². The van der Waals surface area contributed by atoms with Crippen LogP contribution in [0.2, 0.25) is 0 Å². The van der Waals surface area contributed by atoms with Crippen molar-refractivity contribution in [3.8, 4) is 0 Å². The number of benzene rings is 1. The number of halogens is 2. The minimum absolute atomic E-state index is 0.101. The zero-order valence-corrected chi connectivity index (χ0v) is 13.3. The van der Waals surface area contributed by atoms with Crippen molar-refractivity contribution in [3.63, 3.8) is 0 Å². The van der Waals surface area contributed by atoms with Gasteiger partial charge in [0.2, 0.25) is 10.0 Å². The van der Waals surface area contributed by atoms with Gasteiger partial charge in [-0.1, -0.05) is 13.8 Å². The number of hydrogen-bond donors (Lipinski definition) is 2. The molecular formula is C12H18BrFN2O2S. The van der Waals surface area contributed by atoms with Gasteiger partial charge in [0.15, 0.2) is 0 Å². The Morgan fingerprint density at radius 3 is 2.53 bits per heavy atom. The lowest BCUT2D eigenvalue weighted by Gasteiger charge is -2.18. The van der Waals surface area contributed by atoms with Crippen molar-refractivity contribution in [2.75, 3.05) is 6.54 Å². The zero-order chi connectivity index (χ0) is 14.6. The molecule has 0 fully saturated rings. The predicted octanol–water partition coefficient (Wildman–Crippen LogP) is 2.24. The predicted molar refractivity (Wildman–Crippen MR) is 76.7 cm³/mol. The maximum absolute atomic E-state index is 13.4. The second kappa shape index (κ2) is 6.78. The molecule has 1 aromatic carbocycles. The van der Waals surface area contributed by atoms with Crippen molar-refractivity contribution in [3.05, 3.63) is 28.5 Å². The minimum atomic E-state index is -3.75. The van der Waals surface area contributed by atoms with E-state index in [4.69, 9.17) is 5.73 Å². The van der Waals surface area contributed by atoms with E-state index in [1.807, 2.05) is 13.8 Å². The summed E-state index contributed by atoms with van der Waals surface area (Å²) in [6.45, 7) is 4.17. The Balaban J connectivity index is 2.93. The molecule has 0 heterocycles. The summed E-state index contributed by atoms with van der Waals surface area (Å²) in [6, 6.07) is 3.34. The van der Waals surface area contributed by atoms with Crippen LogP contribution in [0.4, 0.5) is 4.39 Å². The first-order valence-corrected chi connectivity index (χ1v) is 8.21. The van der Waals surface area contributed by atoms with Gasteiger partial charge in [0, 0.05) is 12.6 Å². The van der Waals surface area contributed by atoms with Gasteiger partial charge >= 0.3 is 0 Å². The molecule has 4 nitrogen and oxygen atoms in total. The first-order chi connectivity index (χ1) is 8.76. The van der Waals surface area contributed by atoms with Gasteiger partial charge in [-0.25, -0.2) is 17.5 Å². The lowest BCUT2D eigenvalue weighted by Crippen LogP contribution is -2.41. The quantitative estimate of drug-likeness (QED) is 0.824. The van der Waals surface area contributed by atoms with Crippen LogP contribution in [0.25, 0.3) is 0 Å². The molecule has 1 aromatic rings. The fourth-order valence-electron chi connectivity index (χ4n) is 1.69. The molecule has 0 aromatic heterocycles. The van der Waals surface area contributed by atoms with Crippen LogP contribution >= 0.6 is 15.9 Å². The average molecular weight is 353 g/mol. The largest absolute Gasteiger partial charge is 0.329 e. The molecule has 0 aliphatic carbocycles. The summed E-state index contributed by atoms with van der Waals surface area (Å²) in [5, 5.41) is 0. The van der Waals surface area contributed by atoms with Crippen LogP contribution in [-0.4, -0.2) is 21.0 Å². The molecule has 7 heteroatoms. The molecule has 0 saturated heterocycles. The van der Waals surface area contributed by atoms with E-state index in [9.17, 15) is 12.8 Å². The van der Waals surface area contributed by atoms with Crippen molar-refractivity contribution < 1.29 is 12.8 Å². The molecule has 0 aliphatic rings. The molecule has 19 heavy (non-hydrogen) atoms. The van der Waals surface area contributed by atoms with Crippen LogP contribution in [-0.2, 0) is 10.0 Å². The Bertz CT molecular complexity index is 535. The Morgan fingerprint density at radius 2 is 2.05 bits per heavy atom. The van der Waals surface area contributed by atoms with E-state index in [1.165, 1.54) is 12.1 Å². The molecule has 0 radical (unpaired) electrons. The third-order valence-corrected chi connectivity index (χ3v) is 4.72. The number of rotatable bonds is 6. The highest BCUT2D eigenvalue weighted by atomic mass is 79.9. The highest BCUT2D eigenvalue weighted by molar-refractivity contribution is 9.10. The van der Waals surface area contributed by atoms with Crippen LogP contribution < -0.4 is 10.5 Å². The number of hydrogen-bond acceptors (Lipinski definition) is 3. The van der Waals surface area contributed by atoms with E-state index in [0.717, 1.165) is 6.07 Å². The zero-order valence-electron chi connectivity index (χ0n) is 10.9. The van der Waals surface area contributed by atoms with Crippen molar-refractivity contribution in [1.29, 1.82) is 0 Å². The fraction of sp³-hybridized carbons (Fsp3) is 0.500. The van der Waals surface area contributed by atoms with Crippen molar-refractivity contribution >= 4 is 26.0 Å². The molecule has 0 saturated carbocycles. The normalized spacial score (nSPS) is 13.8. The molecule has 1 rings (SSSR count). The first-order valence-electron chi connectivity index (χ1n) is 5.93. The Labute approximate surface area is 121 Å². The van der Waals surface area contributed by atoms with Crippen LogP contribution in [0, 0.1) is 11.7 Å². The van der Waals surface area contributed by atoms with Gasteiger partial charge in [0.1, 0.15) is 5.82 Å². The first kappa shape index (κ1) is 16.6. The number of nitrogens with two attached hydrogens (primary N) is 1. The molecule has 0 aliphatic heterocycles. The summed E-state index contributed by atoms with van der Waals surface area (Å²) in [5.41, 5.74) is 5.55. The summed E-state index contributed by atoms with van der Waals surface area (Å²) < 4.78 is 40.3. The van der Waals surface area contributed by atoms with Crippen LogP contribution in [0.15, 0.2) is 27.6 Å². The Hall–Kier alpha value is -0.500. The average Bonchev–Trinajstić information content (AvgIpc) is 2.30. The van der Waals surface area contributed by atoms with E-state index in [-0.39, 0.29) is 22.0 Å². The summed E-state index contributed by atoms with van der Waals surface area (Å²) >= 11 is 2.98. The van der Waals surface area contributed by atoms with Gasteiger partial charge in [-0.2, -0.15) is 0 Å². The lowest BCUT2D eigenvalue weighted by atomic mass is 10.1. The number of sulfonamides is 1.